The number of hydrogen-bond donors (Lipinski definition) is 1. The second-order valence-electron chi connectivity index (χ2n) is 5.54. The monoisotopic (exact) mass is 330 g/mol. The molecule has 1 heterocycles. The summed E-state index contributed by atoms with van der Waals surface area (Å²) in [7, 11) is 0. The first-order chi connectivity index (χ1) is 10.7. The number of rotatable bonds is 4. The molecule has 126 valence electrons. The van der Waals surface area contributed by atoms with Crippen LogP contribution in [0.25, 0.3) is 0 Å². The SMILES string of the molecule is CC(C)N1CC(CNC(=O)c2ccc(C(F)(F)F)cc2)OC1=O. The van der Waals surface area contributed by atoms with Crippen LogP contribution >= 0.6 is 0 Å². The van der Waals surface area contributed by atoms with Gasteiger partial charge in [-0.3, -0.25) is 4.79 Å². The molecule has 1 N–H and O–H groups in total. The molecule has 1 aliphatic rings. The van der Waals surface area contributed by atoms with E-state index in [1.165, 1.54) is 4.90 Å². The van der Waals surface area contributed by atoms with Crippen LogP contribution in [0.2, 0.25) is 0 Å². The Bertz CT molecular complexity index is 585. The molecule has 2 amide bonds. The van der Waals surface area contributed by atoms with Gasteiger partial charge in [0.2, 0.25) is 0 Å². The minimum absolute atomic E-state index is 0.00175. The van der Waals surface area contributed by atoms with Gasteiger partial charge in [0.1, 0.15) is 6.10 Å². The van der Waals surface area contributed by atoms with Gasteiger partial charge in [-0.1, -0.05) is 0 Å². The summed E-state index contributed by atoms with van der Waals surface area (Å²) in [6, 6.07) is 3.92. The maximum Gasteiger partial charge on any atom is 0.416 e. The van der Waals surface area contributed by atoms with E-state index in [1.807, 2.05) is 13.8 Å². The van der Waals surface area contributed by atoms with Gasteiger partial charge in [-0.05, 0) is 38.1 Å². The van der Waals surface area contributed by atoms with Crippen molar-refractivity contribution in [2.75, 3.05) is 13.1 Å². The molecule has 8 heteroatoms. The van der Waals surface area contributed by atoms with Crippen molar-refractivity contribution in [3.8, 4) is 0 Å². The van der Waals surface area contributed by atoms with Crippen molar-refractivity contribution in [3.63, 3.8) is 0 Å². The highest BCUT2D eigenvalue weighted by atomic mass is 19.4. The Balaban J connectivity index is 1.89. The minimum atomic E-state index is -4.44. The lowest BCUT2D eigenvalue weighted by Gasteiger charge is -2.16. The fourth-order valence-corrected chi connectivity index (χ4v) is 2.19. The van der Waals surface area contributed by atoms with Crippen LogP contribution in [0.5, 0.6) is 0 Å². The number of carbonyl (C=O) groups excluding carboxylic acids is 2. The average molecular weight is 330 g/mol. The molecule has 0 aliphatic carbocycles. The van der Waals surface area contributed by atoms with E-state index in [0.29, 0.717) is 6.54 Å². The number of amides is 2. The van der Waals surface area contributed by atoms with Crippen LogP contribution in [0.4, 0.5) is 18.0 Å². The number of ether oxygens (including phenoxy) is 1. The summed E-state index contributed by atoms with van der Waals surface area (Å²) < 4.78 is 42.5. The Kier molecular flexibility index (Phi) is 4.82. The molecule has 1 aromatic rings. The lowest BCUT2D eigenvalue weighted by molar-refractivity contribution is -0.137. The average Bonchev–Trinajstić information content (AvgIpc) is 2.85. The quantitative estimate of drug-likeness (QED) is 0.923. The highest BCUT2D eigenvalue weighted by Gasteiger charge is 2.33. The first kappa shape index (κ1) is 17.1. The van der Waals surface area contributed by atoms with Crippen LogP contribution < -0.4 is 5.32 Å². The summed E-state index contributed by atoms with van der Waals surface area (Å²) >= 11 is 0. The summed E-state index contributed by atoms with van der Waals surface area (Å²) in [4.78, 5) is 25.0. The van der Waals surface area contributed by atoms with E-state index in [0.717, 1.165) is 24.3 Å². The molecule has 1 aliphatic heterocycles. The molecule has 0 aromatic heterocycles. The van der Waals surface area contributed by atoms with Crippen molar-refractivity contribution in [1.82, 2.24) is 10.2 Å². The molecule has 1 atom stereocenters. The van der Waals surface area contributed by atoms with E-state index in [4.69, 9.17) is 4.74 Å². The second-order valence-corrected chi connectivity index (χ2v) is 5.54. The molecule has 0 bridgehead atoms. The van der Waals surface area contributed by atoms with Gasteiger partial charge in [0, 0.05) is 11.6 Å². The third kappa shape index (κ3) is 4.14. The number of hydrogen-bond acceptors (Lipinski definition) is 3. The standard InChI is InChI=1S/C15H17F3N2O3/c1-9(2)20-8-12(23-14(20)22)7-19-13(21)10-3-5-11(6-4-10)15(16,17)18/h3-6,9,12H,7-8H2,1-2H3,(H,19,21). The number of halogens is 3. The number of alkyl halides is 3. The topological polar surface area (TPSA) is 58.6 Å². The number of nitrogens with zero attached hydrogens (tertiary/aromatic N) is 1. The Hall–Kier alpha value is -2.25. The second kappa shape index (κ2) is 6.47. The number of nitrogens with one attached hydrogen (secondary N) is 1. The Labute approximate surface area is 131 Å². The molecule has 1 aromatic carbocycles. The molecule has 5 nitrogen and oxygen atoms in total. The zero-order valence-corrected chi connectivity index (χ0v) is 12.7. The summed E-state index contributed by atoms with van der Waals surface area (Å²) in [5, 5.41) is 2.56. The molecule has 0 radical (unpaired) electrons. The predicted molar refractivity (Wildman–Crippen MR) is 75.9 cm³/mol. The van der Waals surface area contributed by atoms with Gasteiger partial charge in [0.25, 0.3) is 5.91 Å². The van der Waals surface area contributed by atoms with Crippen LogP contribution in [-0.2, 0) is 10.9 Å². The summed E-state index contributed by atoms with van der Waals surface area (Å²) in [6.45, 7) is 4.17. The van der Waals surface area contributed by atoms with E-state index in [-0.39, 0.29) is 18.2 Å². The van der Waals surface area contributed by atoms with E-state index >= 15 is 0 Å². The van der Waals surface area contributed by atoms with Crippen molar-refractivity contribution in [2.24, 2.45) is 0 Å². The van der Waals surface area contributed by atoms with Crippen molar-refractivity contribution in [2.45, 2.75) is 32.2 Å². The molecular weight excluding hydrogens is 313 g/mol. The first-order valence-corrected chi connectivity index (χ1v) is 7.11. The van der Waals surface area contributed by atoms with Gasteiger partial charge >= 0.3 is 12.3 Å². The van der Waals surface area contributed by atoms with Crippen molar-refractivity contribution >= 4 is 12.0 Å². The van der Waals surface area contributed by atoms with Gasteiger partial charge in [-0.2, -0.15) is 13.2 Å². The molecule has 1 unspecified atom stereocenters. The first-order valence-electron chi connectivity index (χ1n) is 7.11. The summed E-state index contributed by atoms with van der Waals surface area (Å²) in [6.07, 6.45) is -5.34. The molecule has 23 heavy (non-hydrogen) atoms. The zero-order chi connectivity index (χ0) is 17.2. The van der Waals surface area contributed by atoms with Gasteiger partial charge in [-0.25, -0.2) is 4.79 Å². The van der Waals surface area contributed by atoms with Crippen molar-refractivity contribution in [1.29, 1.82) is 0 Å². The largest absolute Gasteiger partial charge is 0.442 e. The third-order valence-corrected chi connectivity index (χ3v) is 3.49. The van der Waals surface area contributed by atoms with Crippen LogP contribution in [0.15, 0.2) is 24.3 Å². The number of benzene rings is 1. The lowest BCUT2D eigenvalue weighted by atomic mass is 10.1. The molecule has 0 spiro atoms. The summed E-state index contributed by atoms with van der Waals surface area (Å²) in [5.74, 6) is -0.516. The van der Waals surface area contributed by atoms with Gasteiger partial charge < -0.3 is 15.0 Å². The fraction of sp³-hybridized carbons (Fsp3) is 0.467. The summed E-state index contributed by atoms with van der Waals surface area (Å²) in [5.41, 5.74) is -0.700. The van der Waals surface area contributed by atoms with Gasteiger partial charge in [0.05, 0.1) is 18.7 Å². The normalized spacial score (nSPS) is 18.3. The Morgan fingerprint density at radius 3 is 2.43 bits per heavy atom. The number of carbonyl (C=O) groups is 2. The fourth-order valence-electron chi connectivity index (χ4n) is 2.19. The van der Waals surface area contributed by atoms with Gasteiger partial charge in [-0.15, -0.1) is 0 Å². The molecular formula is C15H17F3N2O3. The van der Waals surface area contributed by atoms with Gasteiger partial charge in [0.15, 0.2) is 0 Å². The smallest absolute Gasteiger partial charge is 0.416 e. The maximum atomic E-state index is 12.5. The van der Waals surface area contributed by atoms with Crippen LogP contribution in [0.1, 0.15) is 29.8 Å². The molecule has 1 fully saturated rings. The minimum Gasteiger partial charge on any atom is -0.442 e. The van der Waals surface area contributed by atoms with E-state index in [1.54, 1.807) is 0 Å². The van der Waals surface area contributed by atoms with E-state index < -0.39 is 29.8 Å². The predicted octanol–water partition coefficient (Wildman–Crippen LogP) is 2.66. The Morgan fingerprint density at radius 2 is 1.96 bits per heavy atom. The van der Waals surface area contributed by atoms with Crippen LogP contribution in [0.3, 0.4) is 0 Å². The van der Waals surface area contributed by atoms with Crippen molar-refractivity contribution in [3.05, 3.63) is 35.4 Å². The maximum absolute atomic E-state index is 12.5. The highest BCUT2D eigenvalue weighted by Crippen LogP contribution is 2.29. The van der Waals surface area contributed by atoms with Crippen LogP contribution in [-0.4, -0.2) is 42.1 Å². The molecule has 2 rings (SSSR count). The lowest BCUT2D eigenvalue weighted by Crippen LogP contribution is -2.36. The highest BCUT2D eigenvalue weighted by molar-refractivity contribution is 5.94. The molecule has 1 saturated heterocycles. The zero-order valence-electron chi connectivity index (χ0n) is 12.7. The van der Waals surface area contributed by atoms with Crippen LogP contribution in [0, 0.1) is 0 Å². The van der Waals surface area contributed by atoms with E-state index in [9.17, 15) is 22.8 Å². The molecule has 0 saturated carbocycles. The third-order valence-electron chi connectivity index (χ3n) is 3.49. The number of cyclic esters (lactones) is 1. The van der Waals surface area contributed by atoms with Crippen molar-refractivity contribution < 1.29 is 27.5 Å². The van der Waals surface area contributed by atoms with E-state index in [2.05, 4.69) is 5.32 Å². The Morgan fingerprint density at radius 1 is 1.35 bits per heavy atom.